The highest BCUT2D eigenvalue weighted by Crippen LogP contribution is 2.36. The molecule has 4 amide bonds. The topological polar surface area (TPSA) is 97.0 Å². The summed E-state index contributed by atoms with van der Waals surface area (Å²) in [5.74, 6) is 0.635. The Bertz CT molecular complexity index is 770. The summed E-state index contributed by atoms with van der Waals surface area (Å²) in [6, 6.07) is 4.16. The van der Waals surface area contributed by atoms with Crippen molar-refractivity contribution in [2.45, 2.75) is 38.1 Å². The molecule has 0 unspecified atom stereocenters. The molecule has 1 aliphatic carbocycles. The van der Waals surface area contributed by atoms with Crippen molar-refractivity contribution in [3.8, 4) is 11.5 Å². The van der Waals surface area contributed by atoms with Crippen molar-refractivity contribution in [1.29, 1.82) is 0 Å². The third kappa shape index (κ3) is 2.75. The molecule has 0 radical (unpaired) electrons. The van der Waals surface area contributed by atoms with Gasteiger partial charge in [0.25, 0.3) is 11.8 Å². The van der Waals surface area contributed by atoms with Gasteiger partial charge in [-0.3, -0.25) is 15.0 Å². The molecule has 2 N–H and O–H groups in total. The van der Waals surface area contributed by atoms with Gasteiger partial charge in [0.15, 0.2) is 11.5 Å². The second kappa shape index (κ2) is 6.19. The standard InChI is InChI=1S/C18H21N3O5/c1-11-4-6-18(7-5-11)16(23)21(17(24)19-18)20-15(22)12-2-3-13-14(10-12)26-9-8-25-13/h2-3,10-11H,4-9H2,1H3,(H,19,24)(H,20,22). The lowest BCUT2D eigenvalue weighted by molar-refractivity contribution is -0.134. The van der Waals surface area contributed by atoms with E-state index in [0.29, 0.717) is 43.5 Å². The van der Waals surface area contributed by atoms with E-state index in [1.807, 2.05) is 0 Å². The maximum Gasteiger partial charge on any atom is 0.344 e. The minimum absolute atomic E-state index is 0.285. The quantitative estimate of drug-likeness (QED) is 0.782. The van der Waals surface area contributed by atoms with Gasteiger partial charge >= 0.3 is 6.03 Å². The maximum atomic E-state index is 12.8. The van der Waals surface area contributed by atoms with Crippen LogP contribution in [0.25, 0.3) is 0 Å². The van der Waals surface area contributed by atoms with Crippen LogP contribution in [0.2, 0.25) is 0 Å². The van der Waals surface area contributed by atoms with Crippen molar-refractivity contribution in [3.05, 3.63) is 23.8 Å². The molecule has 0 atom stereocenters. The lowest BCUT2D eigenvalue weighted by Gasteiger charge is -2.33. The molecule has 2 heterocycles. The number of ether oxygens (including phenoxy) is 2. The minimum Gasteiger partial charge on any atom is -0.486 e. The number of urea groups is 1. The Morgan fingerprint density at radius 3 is 2.62 bits per heavy atom. The van der Waals surface area contributed by atoms with Crippen LogP contribution in [0, 0.1) is 5.92 Å². The van der Waals surface area contributed by atoms with Gasteiger partial charge in [-0.1, -0.05) is 6.92 Å². The Hall–Kier alpha value is -2.77. The number of nitrogens with one attached hydrogen (secondary N) is 2. The fraction of sp³-hybridized carbons (Fsp3) is 0.500. The van der Waals surface area contributed by atoms with E-state index in [0.717, 1.165) is 17.9 Å². The highest BCUT2D eigenvalue weighted by Gasteiger charge is 2.52. The Labute approximate surface area is 150 Å². The van der Waals surface area contributed by atoms with Crippen molar-refractivity contribution in [1.82, 2.24) is 15.8 Å². The van der Waals surface area contributed by atoms with Crippen molar-refractivity contribution < 1.29 is 23.9 Å². The molecule has 1 aromatic rings. The van der Waals surface area contributed by atoms with Gasteiger partial charge in [-0.25, -0.2) is 4.79 Å². The summed E-state index contributed by atoms with van der Waals surface area (Å²) in [6.07, 6.45) is 2.93. The number of nitrogens with zero attached hydrogens (tertiary/aromatic N) is 1. The van der Waals surface area contributed by atoms with E-state index in [1.54, 1.807) is 18.2 Å². The number of benzene rings is 1. The average Bonchev–Trinajstić information content (AvgIpc) is 2.88. The fourth-order valence-electron chi connectivity index (χ4n) is 3.67. The van der Waals surface area contributed by atoms with Gasteiger partial charge in [0.1, 0.15) is 18.8 Å². The second-order valence-electron chi connectivity index (χ2n) is 7.13. The molecular weight excluding hydrogens is 338 g/mol. The number of hydrogen-bond acceptors (Lipinski definition) is 5. The van der Waals surface area contributed by atoms with Crippen LogP contribution in [0.15, 0.2) is 18.2 Å². The molecule has 3 aliphatic rings. The SMILES string of the molecule is CC1CCC2(CC1)NC(=O)N(NC(=O)c1ccc3c(c1)OCCO3)C2=O. The Morgan fingerprint density at radius 2 is 1.88 bits per heavy atom. The molecule has 1 aromatic carbocycles. The van der Waals surface area contributed by atoms with Crippen molar-refractivity contribution in [2.24, 2.45) is 5.92 Å². The predicted octanol–water partition coefficient (Wildman–Crippen LogP) is 1.60. The number of rotatable bonds is 2. The van der Waals surface area contributed by atoms with Crippen LogP contribution in [-0.2, 0) is 4.79 Å². The van der Waals surface area contributed by atoms with Gasteiger partial charge in [-0.2, -0.15) is 5.01 Å². The second-order valence-corrected chi connectivity index (χ2v) is 7.13. The van der Waals surface area contributed by atoms with E-state index in [9.17, 15) is 14.4 Å². The molecule has 8 heteroatoms. The largest absolute Gasteiger partial charge is 0.486 e. The van der Waals surface area contributed by atoms with Gasteiger partial charge in [0.2, 0.25) is 0 Å². The van der Waals surface area contributed by atoms with E-state index >= 15 is 0 Å². The minimum atomic E-state index is -0.885. The Morgan fingerprint density at radius 1 is 1.19 bits per heavy atom. The first-order chi connectivity index (χ1) is 12.5. The summed E-state index contributed by atoms with van der Waals surface area (Å²) in [4.78, 5) is 37.6. The van der Waals surface area contributed by atoms with E-state index < -0.39 is 17.5 Å². The number of hydrazine groups is 1. The summed E-state index contributed by atoms with van der Waals surface area (Å²) in [5.41, 5.74) is 1.82. The molecule has 2 aliphatic heterocycles. The van der Waals surface area contributed by atoms with Crippen molar-refractivity contribution in [2.75, 3.05) is 13.2 Å². The van der Waals surface area contributed by atoms with Crippen LogP contribution >= 0.6 is 0 Å². The Kier molecular flexibility index (Phi) is 3.97. The number of hydrogen-bond donors (Lipinski definition) is 2. The smallest absolute Gasteiger partial charge is 0.344 e. The van der Waals surface area contributed by atoms with Crippen molar-refractivity contribution >= 4 is 17.8 Å². The zero-order valence-electron chi connectivity index (χ0n) is 14.5. The first-order valence-electron chi connectivity index (χ1n) is 8.86. The van der Waals surface area contributed by atoms with Crippen LogP contribution < -0.4 is 20.2 Å². The molecule has 2 fully saturated rings. The lowest BCUT2D eigenvalue weighted by atomic mass is 9.77. The summed E-state index contributed by atoms with van der Waals surface area (Å²) in [5, 5.41) is 3.58. The van der Waals surface area contributed by atoms with E-state index in [4.69, 9.17) is 9.47 Å². The molecule has 26 heavy (non-hydrogen) atoms. The van der Waals surface area contributed by atoms with Crippen molar-refractivity contribution in [3.63, 3.8) is 0 Å². The Balaban J connectivity index is 1.49. The van der Waals surface area contributed by atoms with Gasteiger partial charge in [0.05, 0.1) is 0 Å². The number of carbonyl (C=O) groups excluding carboxylic acids is 3. The first-order valence-corrected chi connectivity index (χ1v) is 8.86. The molecule has 0 aromatic heterocycles. The first kappa shape index (κ1) is 16.7. The number of imide groups is 1. The third-order valence-corrected chi connectivity index (χ3v) is 5.31. The molecule has 8 nitrogen and oxygen atoms in total. The summed E-state index contributed by atoms with van der Waals surface area (Å²) in [6.45, 7) is 3.00. The van der Waals surface area contributed by atoms with Crippen LogP contribution in [0.4, 0.5) is 4.79 Å². The number of carbonyl (C=O) groups is 3. The maximum absolute atomic E-state index is 12.8. The van der Waals surface area contributed by atoms with E-state index in [2.05, 4.69) is 17.7 Å². The van der Waals surface area contributed by atoms with Crippen LogP contribution in [0.3, 0.4) is 0 Å². The van der Waals surface area contributed by atoms with Gasteiger partial charge in [-0.05, 0) is 49.8 Å². The lowest BCUT2D eigenvalue weighted by Crippen LogP contribution is -2.51. The molecule has 138 valence electrons. The van der Waals surface area contributed by atoms with Crippen LogP contribution in [0.5, 0.6) is 11.5 Å². The van der Waals surface area contributed by atoms with Crippen LogP contribution in [0.1, 0.15) is 43.0 Å². The number of amides is 4. The monoisotopic (exact) mass is 359 g/mol. The molecule has 1 saturated carbocycles. The molecule has 0 bridgehead atoms. The van der Waals surface area contributed by atoms with Gasteiger partial charge in [0, 0.05) is 5.56 Å². The third-order valence-electron chi connectivity index (χ3n) is 5.31. The normalized spacial score (nSPS) is 27.4. The zero-order valence-corrected chi connectivity index (χ0v) is 14.5. The summed E-state index contributed by atoms with van der Waals surface area (Å²) >= 11 is 0. The highest BCUT2D eigenvalue weighted by atomic mass is 16.6. The van der Waals surface area contributed by atoms with E-state index in [1.165, 1.54) is 0 Å². The highest BCUT2D eigenvalue weighted by molar-refractivity contribution is 6.09. The average molecular weight is 359 g/mol. The summed E-state index contributed by atoms with van der Waals surface area (Å²) < 4.78 is 10.9. The molecule has 1 spiro atoms. The predicted molar refractivity (Wildman–Crippen MR) is 90.6 cm³/mol. The molecule has 4 rings (SSSR count). The fourth-order valence-corrected chi connectivity index (χ4v) is 3.67. The molecular formula is C18H21N3O5. The van der Waals surface area contributed by atoms with Crippen LogP contribution in [-0.4, -0.2) is 41.6 Å². The summed E-state index contributed by atoms with van der Waals surface area (Å²) in [7, 11) is 0. The number of fused-ring (bicyclic) bond motifs is 1. The van der Waals surface area contributed by atoms with Gasteiger partial charge in [-0.15, -0.1) is 0 Å². The molecule has 1 saturated heterocycles. The zero-order chi connectivity index (χ0) is 18.3. The van der Waals surface area contributed by atoms with Gasteiger partial charge < -0.3 is 14.8 Å². The van der Waals surface area contributed by atoms with E-state index in [-0.39, 0.29) is 11.5 Å².